The maximum atomic E-state index is 6.08. The Hall–Kier alpha value is -1.95. The Bertz CT molecular complexity index is 618. The molecule has 0 spiro atoms. The van der Waals surface area contributed by atoms with Gasteiger partial charge in [0.1, 0.15) is 0 Å². The van der Waals surface area contributed by atoms with Gasteiger partial charge in [0, 0.05) is 18.7 Å². The van der Waals surface area contributed by atoms with Gasteiger partial charge >= 0.3 is 0 Å². The molecule has 0 bridgehead atoms. The van der Waals surface area contributed by atoms with Gasteiger partial charge in [0.15, 0.2) is 11.5 Å². The van der Waals surface area contributed by atoms with Crippen LogP contribution in [0.4, 0.5) is 5.95 Å². The van der Waals surface area contributed by atoms with Crippen molar-refractivity contribution in [2.24, 2.45) is 0 Å². The third-order valence-corrected chi connectivity index (χ3v) is 3.72. The summed E-state index contributed by atoms with van der Waals surface area (Å²) in [7, 11) is 3.23. The molecule has 1 aliphatic heterocycles. The molecule has 1 aromatic heterocycles. The van der Waals surface area contributed by atoms with Crippen LogP contribution in [0, 0.1) is 0 Å². The first-order chi connectivity index (χ1) is 9.74. The molecule has 2 heterocycles. The first-order valence-corrected chi connectivity index (χ1v) is 6.71. The van der Waals surface area contributed by atoms with E-state index >= 15 is 0 Å². The van der Waals surface area contributed by atoms with Gasteiger partial charge in [-0.15, -0.1) is 0 Å². The number of fused-ring (bicyclic) bond motifs is 1. The van der Waals surface area contributed by atoms with Crippen LogP contribution in [0.25, 0.3) is 11.0 Å². The van der Waals surface area contributed by atoms with Crippen LogP contribution in [-0.2, 0) is 4.74 Å². The highest BCUT2D eigenvalue weighted by Crippen LogP contribution is 2.35. The normalized spacial score (nSPS) is 19.2. The van der Waals surface area contributed by atoms with Crippen LogP contribution in [0.3, 0.4) is 0 Å². The predicted octanol–water partition coefficient (Wildman–Crippen LogP) is 1.99. The molecular weight excluding hydrogens is 258 g/mol. The Morgan fingerprint density at radius 3 is 2.70 bits per heavy atom. The van der Waals surface area contributed by atoms with E-state index in [-0.39, 0.29) is 6.04 Å². The fourth-order valence-electron chi connectivity index (χ4n) is 2.75. The first kappa shape index (κ1) is 13.1. The van der Waals surface area contributed by atoms with Gasteiger partial charge in [-0.3, -0.25) is 0 Å². The van der Waals surface area contributed by atoms with Crippen LogP contribution >= 0.6 is 0 Å². The summed E-state index contributed by atoms with van der Waals surface area (Å²) in [4.78, 5) is 4.42. The average Bonchev–Trinajstić information content (AvgIpc) is 2.81. The molecule has 1 atom stereocenters. The van der Waals surface area contributed by atoms with Crippen molar-refractivity contribution in [3.63, 3.8) is 0 Å². The molecule has 1 fully saturated rings. The van der Waals surface area contributed by atoms with Gasteiger partial charge in [0.05, 0.1) is 37.9 Å². The molecule has 6 heteroatoms. The number of imidazole rings is 1. The molecule has 0 amide bonds. The average molecular weight is 277 g/mol. The van der Waals surface area contributed by atoms with E-state index in [9.17, 15) is 0 Å². The second-order valence-corrected chi connectivity index (χ2v) is 4.91. The minimum absolute atomic E-state index is 0.229. The minimum Gasteiger partial charge on any atom is -0.493 e. The molecule has 2 N–H and O–H groups in total. The van der Waals surface area contributed by atoms with Gasteiger partial charge in [0.25, 0.3) is 0 Å². The molecule has 108 valence electrons. The number of nitrogens with two attached hydrogens (primary N) is 1. The number of hydrogen-bond acceptors (Lipinski definition) is 5. The van der Waals surface area contributed by atoms with Crippen molar-refractivity contribution in [3.05, 3.63) is 12.1 Å². The first-order valence-electron chi connectivity index (χ1n) is 6.71. The Kier molecular flexibility index (Phi) is 3.40. The largest absolute Gasteiger partial charge is 0.493 e. The van der Waals surface area contributed by atoms with Crippen LogP contribution in [-0.4, -0.2) is 37.0 Å². The number of anilines is 1. The lowest BCUT2D eigenvalue weighted by Crippen LogP contribution is -2.22. The van der Waals surface area contributed by atoms with E-state index in [0.29, 0.717) is 24.1 Å². The Morgan fingerprint density at radius 2 is 2.05 bits per heavy atom. The zero-order valence-corrected chi connectivity index (χ0v) is 11.8. The lowest BCUT2D eigenvalue weighted by Gasteiger charge is -2.24. The van der Waals surface area contributed by atoms with Gasteiger partial charge < -0.3 is 24.5 Å². The summed E-state index contributed by atoms with van der Waals surface area (Å²) in [6, 6.07) is 4.00. The van der Waals surface area contributed by atoms with Crippen molar-refractivity contribution < 1.29 is 14.2 Å². The molecule has 0 aliphatic carbocycles. The van der Waals surface area contributed by atoms with Crippen molar-refractivity contribution in [2.45, 2.75) is 18.9 Å². The highest BCUT2D eigenvalue weighted by atomic mass is 16.5. The Morgan fingerprint density at radius 1 is 1.30 bits per heavy atom. The number of nitrogen functional groups attached to an aromatic ring is 1. The SMILES string of the molecule is COc1cc2nc(N)n(C3CCCOC3)c2cc1OC. The van der Waals surface area contributed by atoms with E-state index in [1.807, 2.05) is 16.7 Å². The fourth-order valence-corrected chi connectivity index (χ4v) is 2.75. The molecule has 3 rings (SSSR count). The van der Waals surface area contributed by atoms with Crippen LogP contribution < -0.4 is 15.2 Å². The molecule has 1 aromatic carbocycles. The third-order valence-electron chi connectivity index (χ3n) is 3.72. The van der Waals surface area contributed by atoms with Crippen molar-refractivity contribution in [2.75, 3.05) is 33.2 Å². The van der Waals surface area contributed by atoms with Gasteiger partial charge in [-0.05, 0) is 12.8 Å². The second kappa shape index (κ2) is 5.20. The quantitative estimate of drug-likeness (QED) is 0.929. The smallest absolute Gasteiger partial charge is 0.201 e. The summed E-state index contributed by atoms with van der Waals surface area (Å²) in [6.45, 7) is 1.49. The highest BCUT2D eigenvalue weighted by molar-refractivity contribution is 5.82. The van der Waals surface area contributed by atoms with E-state index in [4.69, 9.17) is 19.9 Å². The van der Waals surface area contributed by atoms with Crippen LogP contribution in [0.2, 0.25) is 0 Å². The highest BCUT2D eigenvalue weighted by Gasteiger charge is 2.22. The molecule has 1 aliphatic rings. The third kappa shape index (κ3) is 2.06. The van der Waals surface area contributed by atoms with Gasteiger partial charge in [-0.25, -0.2) is 4.98 Å². The molecule has 0 radical (unpaired) electrons. The number of aromatic nitrogens is 2. The number of rotatable bonds is 3. The van der Waals surface area contributed by atoms with Gasteiger partial charge in [-0.2, -0.15) is 0 Å². The van der Waals surface area contributed by atoms with E-state index in [1.54, 1.807) is 14.2 Å². The number of nitrogens with zero attached hydrogens (tertiary/aromatic N) is 2. The molecule has 20 heavy (non-hydrogen) atoms. The van der Waals surface area contributed by atoms with Crippen molar-refractivity contribution in [1.82, 2.24) is 9.55 Å². The van der Waals surface area contributed by atoms with Crippen molar-refractivity contribution >= 4 is 17.0 Å². The lowest BCUT2D eigenvalue weighted by atomic mass is 10.1. The van der Waals surface area contributed by atoms with Crippen molar-refractivity contribution in [3.8, 4) is 11.5 Å². The monoisotopic (exact) mass is 277 g/mol. The van der Waals surface area contributed by atoms with Gasteiger partial charge in [0.2, 0.25) is 5.95 Å². The van der Waals surface area contributed by atoms with Crippen LogP contribution in [0.15, 0.2) is 12.1 Å². The minimum atomic E-state index is 0.229. The Balaban J connectivity index is 2.13. The maximum Gasteiger partial charge on any atom is 0.201 e. The summed E-state index contributed by atoms with van der Waals surface area (Å²) in [6.07, 6.45) is 2.08. The number of methoxy groups -OCH3 is 2. The standard InChI is InChI=1S/C14H19N3O3/c1-18-12-6-10-11(7-13(12)19-2)17(14(15)16-10)9-4-3-5-20-8-9/h6-7,9H,3-5,8H2,1-2H3,(H2,15,16). The molecule has 1 unspecified atom stereocenters. The maximum absolute atomic E-state index is 6.08. The Labute approximate surface area is 117 Å². The van der Waals surface area contributed by atoms with E-state index in [1.165, 1.54) is 0 Å². The fraction of sp³-hybridized carbons (Fsp3) is 0.500. The zero-order valence-electron chi connectivity index (χ0n) is 11.8. The van der Waals surface area contributed by atoms with E-state index in [2.05, 4.69) is 4.98 Å². The van der Waals surface area contributed by atoms with E-state index in [0.717, 1.165) is 30.5 Å². The summed E-state index contributed by atoms with van der Waals surface area (Å²) in [5, 5.41) is 0. The molecular formula is C14H19N3O3. The summed E-state index contributed by atoms with van der Waals surface area (Å²) >= 11 is 0. The zero-order chi connectivity index (χ0) is 14.1. The predicted molar refractivity (Wildman–Crippen MR) is 76.3 cm³/mol. The summed E-state index contributed by atoms with van der Waals surface area (Å²) in [5.74, 6) is 1.84. The number of ether oxygens (including phenoxy) is 3. The van der Waals surface area contributed by atoms with Crippen molar-refractivity contribution in [1.29, 1.82) is 0 Å². The van der Waals surface area contributed by atoms with Crippen LogP contribution in [0.1, 0.15) is 18.9 Å². The van der Waals surface area contributed by atoms with Crippen LogP contribution in [0.5, 0.6) is 11.5 Å². The lowest BCUT2D eigenvalue weighted by molar-refractivity contribution is 0.0611. The molecule has 0 saturated carbocycles. The molecule has 2 aromatic rings. The summed E-state index contributed by atoms with van der Waals surface area (Å²) < 4.78 is 18.2. The van der Waals surface area contributed by atoms with E-state index < -0.39 is 0 Å². The topological polar surface area (TPSA) is 71.5 Å². The second-order valence-electron chi connectivity index (χ2n) is 4.91. The molecule has 1 saturated heterocycles. The number of benzene rings is 1. The number of hydrogen-bond donors (Lipinski definition) is 1. The summed E-state index contributed by atoms with van der Waals surface area (Å²) in [5.41, 5.74) is 7.85. The van der Waals surface area contributed by atoms with Gasteiger partial charge in [-0.1, -0.05) is 0 Å². The molecule has 6 nitrogen and oxygen atoms in total.